The van der Waals surface area contributed by atoms with Gasteiger partial charge in [0.25, 0.3) is 0 Å². The number of likely N-dealkylation sites (N-methyl/N-ethyl adjacent to an activating group) is 1. The number of hydrogen-bond donors (Lipinski definition) is 2. The van der Waals surface area contributed by atoms with Crippen LogP contribution in [0.25, 0.3) is 0 Å². The lowest BCUT2D eigenvalue weighted by molar-refractivity contribution is 0.0198. The SMILES string of the molecule is CC1CCC(CNC2CC2)(CN(C)CC(C)(C)O)CC1. The van der Waals surface area contributed by atoms with Crippen LogP contribution in [-0.4, -0.2) is 48.3 Å². The first-order chi connectivity index (χ1) is 9.28. The van der Waals surface area contributed by atoms with Crippen molar-refractivity contribution in [1.29, 1.82) is 0 Å². The molecule has 0 aromatic rings. The van der Waals surface area contributed by atoms with Crippen LogP contribution in [0, 0.1) is 11.3 Å². The van der Waals surface area contributed by atoms with Crippen LogP contribution >= 0.6 is 0 Å². The lowest BCUT2D eigenvalue weighted by Crippen LogP contribution is -2.48. The molecule has 0 unspecified atom stereocenters. The van der Waals surface area contributed by atoms with Gasteiger partial charge in [-0.25, -0.2) is 0 Å². The first-order valence-electron chi connectivity index (χ1n) is 8.42. The molecule has 20 heavy (non-hydrogen) atoms. The molecule has 0 amide bonds. The molecule has 0 aromatic carbocycles. The van der Waals surface area contributed by atoms with Gasteiger partial charge in [0.1, 0.15) is 0 Å². The normalized spacial score (nSPS) is 31.8. The maximum absolute atomic E-state index is 10.0. The van der Waals surface area contributed by atoms with Crippen molar-refractivity contribution in [3.05, 3.63) is 0 Å². The van der Waals surface area contributed by atoms with Gasteiger partial charge >= 0.3 is 0 Å². The third kappa shape index (κ3) is 5.34. The van der Waals surface area contributed by atoms with E-state index in [0.717, 1.165) is 25.0 Å². The Morgan fingerprint density at radius 2 is 1.80 bits per heavy atom. The predicted octanol–water partition coefficient (Wildman–Crippen LogP) is 2.64. The van der Waals surface area contributed by atoms with Gasteiger partial charge in [-0.2, -0.15) is 0 Å². The fourth-order valence-electron chi connectivity index (χ4n) is 3.70. The van der Waals surface area contributed by atoms with Crippen LogP contribution in [0.5, 0.6) is 0 Å². The van der Waals surface area contributed by atoms with Crippen molar-refractivity contribution >= 4 is 0 Å². The monoisotopic (exact) mass is 282 g/mol. The van der Waals surface area contributed by atoms with E-state index in [0.29, 0.717) is 5.41 Å². The summed E-state index contributed by atoms with van der Waals surface area (Å²) in [5.41, 5.74) is -0.170. The molecule has 0 saturated heterocycles. The quantitative estimate of drug-likeness (QED) is 0.753. The third-order valence-corrected chi connectivity index (χ3v) is 4.94. The van der Waals surface area contributed by atoms with Gasteiger partial charge in [-0.05, 0) is 57.9 Å². The van der Waals surface area contributed by atoms with E-state index in [-0.39, 0.29) is 0 Å². The molecule has 0 aliphatic heterocycles. The van der Waals surface area contributed by atoms with Crippen LogP contribution in [0.3, 0.4) is 0 Å². The summed E-state index contributed by atoms with van der Waals surface area (Å²) in [6, 6.07) is 0.797. The fourth-order valence-corrected chi connectivity index (χ4v) is 3.70. The highest BCUT2D eigenvalue weighted by molar-refractivity contribution is 4.92. The maximum Gasteiger partial charge on any atom is 0.0718 e. The molecule has 2 aliphatic rings. The van der Waals surface area contributed by atoms with Crippen molar-refractivity contribution in [2.45, 2.75) is 70.9 Å². The summed E-state index contributed by atoms with van der Waals surface area (Å²) in [6.45, 7) is 9.24. The van der Waals surface area contributed by atoms with Crippen molar-refractivity contribution in [3.63, 3.8) is 0 Å². The Morgan fingerprint density at radius 3 is 2.30 bits per heavy atom. The molecule has 0 bridgehead atoms. The van der Waals surface area contributed by atoms with Crippen molar-refractivity contribution < 1.29 is 5.11 Å². The second-order valence-electron chi connectivity index (χ2n) is 8.32. The van der Waals surface area contributed by atoms with Crippen LogP contribution in [0.1, 0.15) is 59.3 Å². The highest BCUT2D eigenvalue weighted by atomic mass is 16.3. The van der Waals surface area contributed by atoms with Gasteiger partial charge < -0.3 is 15.3 Å². The standard InChI is InChI=1S/C17H34N2O/c1-14-7-9-17(10-8-14,11-18-15-5-6-15)13-19(4)12-16(2,3)20/h14-15,18,20H,5-13H2,1-4H3. The summed E-state index contributed by atoms with van der Waals surface area (Å²) >= 11 is 0. The largest absolute Gasteiger partial charge is 0.389 e. The van der Waals surface area contributed by atoms with E-state index in [1.165, 1.54) is 45.1 Å². The minimum Gasteiger partial charge on any atom is -0.389 e. The summed E-state index contributed by atoms with van der Waals surface area (Å²) in [4.78, 5) is 2.34. The average Bonchev–Trinajstić information content (AvgIpc) is 3.12. The summed E-state index contributed by atoms with van der Waals surface area (Å²) in [5.74, 6) is 0.892. The number of rotatable bonds is 7. The summed E-state index contributed by atoms with van der Waals surface area (Å²) in [6.07, 6.45) is 8.14. The molecule has 2 aliphatic carbocycles. The average molecular weight is 282 g/mol. The maximum atomic E-state index is 10.0. The second kappa shape index (κ2) is 6.33. The van der Waals surface area contributed by atoms with E-state index in [1.54, 1.807) is 0 Å². The molecule has 2 fully saturated rings. The summed E-state index contributed by atoms with van der Waals surface area (Å²) in [5, 5.41) is 13.8. The van der Waals surface area contributed by atoms with Crippen LogP contribution in [0.15, 0.2) is 0 Å². The predicted molar refractivity (Wildman–Crippen MR) is 84.9 cm³/mol. The van der Waals surface area contributed by atoms with Crippen LogP contribution in [0.4, 0.5) is 0 Å². The van der Waals surface area contributed by atoms with Gasteiger partial charge in [-0.1, -0.05) is 19.8 Å². The van der Waals surface area contributed by atoms with Gasteiger partial charge in [0.2, 0.25) is 0 Å². The smallest absolute Gasteiger partial charge is 0.0718 e. The summed E-state index contributed by atoms with van der Waals surface area (Å²) in [7, 11) is 2.16. The van der Waals surface area contributed by atoms with E-state index in [4.69, 9.17) is 0 Å². The summed E-state index contributed by atoms with van der Waals surface area (Å²) < 4.78 is 0. The number of aliphatic hydroxyl groups is 1. The Kier molecular flexibility index (Phi) is 5.14. The zero-order valence-electron chi connectivity index (χ0n) is 13.9. The second-order valence-corrected chi connectivity index (χ2v) is 8.32. The van der Waals surface area contributed by atoms with E-state index in [9.17, 15) is 5.11 Å². The highest BCUT2D eigenvalue weighted by Gasteiger charge is 2.37. The molecule has 0 spiro atoms. The zero-order chi connectivity index (χ0) is 14.8. The third-order valence-electron chi connectivity index (χ3n) is 4.94. The lowest BCUT2D eigenvalue weighted by Gasteiger charge is -2.43. The molecular formula is C17H34N2O. The van der Waals surface area contributed by atoms with Crippen molar-refractivity contribution in [1.82, 2.24) is 10.2 Å². The number of nitrogens with zero attached hydrogens (tertiary/aromatic N) is 1. The zero-order valence-corrected chi connectivity index (χ0v) is 13.9. The van der Waals surface area contributed by atoms with Gasteiger partial charge in [0, 0.05) is 25.7 Å². The van der Waals surface area contributed by atoms with Crippen molar-refractivity contribution in [2.24, 2.45) is 11.3 Å². The van der Waals surface area contributed by atoms with Crippen molar-refractivity contribution in [2.75, 3.05) is 26.7 Å². The molecule has 2 rings (SSSR count). The molecule has 0 heterocycles. The van der Waals surface area contributed by atoms with Crippen LogP contribution in [-0.2, 0) is 0 Å². The number of nitrogens with one attached hydrogen (secondary N) is 1. The van der Waals surface area contributed by atoms with Gasteiger partial charge in [-0.3, -0.25) is 0 Å². The first-order valence-corrected chi connectivity index (χ1v) is 8.42. The molecule has 3 heteroatoms. The highest BCUT2D eigenvalue weighted by Crippen LogP contribution is 2.39. The first kappa shape index (κ1) is 16.3. The van der Waals surface area contributed by atoms with E-state index >= 15 is 0 Å². The number of hydrogen-bond acceptors (Lipinski definition) is 3. The molecule has 2 saturated carbocycles. The van der Waals surface area contributed by atoms with Crippen LogP contribution in [0.2, 0.25) is 0 Å². The Balaban J connectivity index is 1.90. The minimum absolute atomic E-state index is 0.426. The van der Waals surface area contributed by atoms with E-state index in [2.05, 4.69) is 24.2 Å². The Hall–Kier alpha value is -0.120. The lowest BCUT2D eigenvalue weighted by atomic mass is 9.70. The van der Waals surface area contributed by atoms with Gasteiger partial charge in [0.05, 0.1) is 5.60 Å². The molecule has 0 atom stereocenters. The Morgan fingerprint density at radius 1 is 1.20 bits per heavy atom. The Bertz CT molecular complexity index is 299. The van der Waals surface area contributed by atoms with Gasteiger partial charge in [0.15, 0.2) is 0 Å². The van der Waals surface area contributed by atoms with Crippen molar-refractivity contribution in [3.8, 4) is 0 Å². The van der Waals surface area contributed by atoms with E-state index in [1.807, 2.05) is 13.8 Å². The Labute approximate surface area is 125 Å². The molecule has 0 aromatic heterocycles. The van der Waals surface area contributed by atoms with E-state index < -0.39 is 5.60 Å². The minimum atomic E-state index is -0.595. The van der Waals surface area contributed by atoms with Gasteiger partial charge in [-0.15, -0.1) is 0 Å². The topological polar surface area (TPSA) is 35.5 Å². The fraction of sp³-hybridized carbons (Fsp3) is 1.00. The molecule has 2 N–H and O–H groups in total. The van der Waals surface area contributed by atoms with Crippen LogP contribution < -0.4 is 5.32 Å². The molecule has 118 valence electrons. The molecule has 0 radical (unpaired) electrons. The molecular weight excluding hydrogens is 248 g/mol. The molecule has 3 nitrogen and oxygen atoms in total.